The first-order chi connectivity index (χ1) is 8.79. The van der Waals surface area contributed by atoms with Crippen molar-refractivity contribution in [2.45, 2.75) is 51.9 Å². The van der Waals surface area contributed by atoms with Gasteiger partial charge in [-0.15, -0.1) is 12.4 Å². The van der Waals surface area contributed by atoms with Crippen molar-refractivity contribution in [3.8, 4) is 0 Å². The Hall–Kier alpha value is -0.280. The maximum atomic E-state index is 12.0. The molecule has 3 nitrogen and oxygen atoms in total. The van der Waals surface area contributed by atoms with Crippen molar-refractivity contribution in [1.29, 1.82) is 0 Å². The average Bonchev–Trinajstić information content (AvgIpc) is 2.46. The summed E-state index contributed by atoms with van der Waals surface area (Å²) in [5.41, 5.74) is 0. The summed E-state index contributed by atoms with van der Waals surface area (Å²) in [4.78, 5) is 12.0. The highest BCUT2D eigenvalue weighted by Gasteiger charge is 2.23. The highest BCUT2D eigenvalue weighted by Crippen LogP contribution is 2.30. The number of hydrogen-bond acceptors (Lipinski definition) is 2. The predicted octanol–water partition coefficient (Wildman–Crippen LogP) is 2.74. The molecule has 1 saturated carbocycles. The summed E-state index contributed by atoms with van der Waals surface area (Å²) < 4.78 is 0. The monoisotopic (exact) mass is 288 g/mol. The van der Waals surface area contributed by atoms with Crippen LogP contribution in [0.2, 0.25) is 0 Å². The summed E-state index contributed by atoms with van der Waals surface area (Å²) in [5, 5.41) is 6.48. The van der Waals surface area contributed by atoms with Crippen molar-refractivity contribution in [2.75, 3.05) is 19.6 Å². The molecule has 2 aliphatic rings. The zero-order valence-electron chi connectivity index (χ0n) is 12.1. The fourth-order valence-electron chi connectivity index (χ4n) is 3.31. The number of rotatable bonds is 4. The summed E-state index contributed by atoms with van der Waals surface area (Å²) in [6.45, 7) is 5.15. The molecule has 1 aliphatic heterocycles. The summed E-state index contributed by atoms with van der Waals surface area (Å²) in [6.07, 6.45) is 8.86. The normalized spacial score (nSPS) is 31.3. The molecular formula is C15H29ClN2O. The molecule has 2 N–H and O–H groups in total. The lowest BCUT2D eigenvalue weighted by atomic mass is 9.81. The molecule has 1 aliphatic carbocycles. The number of hydrogen-bond donors (Lipinski definition) is 2. The van der Waals surface area contributed by atoms with E-state index in [1.165, 1.54) is 32.1 Å². The van der Waals surface area contributed by atoms with Gasteiger partial charge in [0, 0.05) is 13.1 Å². The van der Waals surface area contributed by atoms with Crippen molar-refractivity contribution in [2.24, 2.45) is 17.8 Å². The van der Waals surface area contributed by atoms with Crippen LogP contribution in [0.15, 0.2) is 0 Å². The van der Waals surface area contributed by atoms with Gasteiger partial charge in [-0.3, -0.25) is 4.79 Å². The molecule has 112 valence electrons. The SMILES string of the molecule is CCC1CCC(CNC(=O)[C@@H]2CCCNC2)CC1.Cl. The van der Waals surface area contributed by atoms with Crippen LogP contribution in [0.5, 0.6) is 0 Å². The van der Waals surface area contributed by atoms with E-state index in [2.05, 4.69) is 17.6 Å². The molecule has 0 aromatic rings. The maximum absolute atomic E-state index is 12.0. The third-order valence-electron chi connectivity index (χ3n) is 4.78. The molecule has 19 heavy (non-hydrogen) atoms. The molecule has 1 heterocycles. The topological polar surface area (TPSA) is 41.1 Å². The van der Waals surface area contributed by atoms with Crippen molar-refractivity contribution >= 4 is 18.3 Å². The third-order valence-corrected chi connectivity index (χ3v) is 4.78. The van der Waals surface area contributed by atoms with E-state index in [4.69, 9.17) is 0 Å². The van der Waals surface area contributed by atoms with E-state index in [0.717, 1.165) is 44.3 Å². The predicted molar refractivity (Wildman–Crippen MR) is 81.6 cm³/mol. The van der Waals surface area contributed by atoms with Gasteiger partial charge in [0.15, 0.2) is 0 Å². The van der Waals surface area contributed by atoms with Crippen LogP contribution < -0.4 is 10.6 Å². The standard InChI is InChI=1S/C15H28N2O.ClH/c1-2-12-5-7-13(8-6-12)10-17-15(18)14-4-3-9-16-11-14;/h12-14,16H,2-11H2,1H3,(H,17,18);1H/t12?,13?,14-;/m1./s1. The van der Waals surface area contributed by atoms with Gasteiger partial charge in [0.25, 0.3) is 0 Å². The number of carbonyl (C=O) groups excluding carboxylic acids is 1. The molecule has 0 aromatic carbocycles. The van der Waals surface area contributed by atoms with Crippen LogP contribution >= 0.6 is 12.4 Å². The lowest BCUT2D eigenvalue weighted by molar-refractivity contribution is -0.125. The van der Waals surface area contributed by atoms with Crippen molar-refractivity contribution in [3.63, 3.8) is 0 Å². The largest absolute Gasteiger partial charge is 0.356 e. The average molecular weight is 289 g/mol. The summed E-state index contributed by atoms with van der Waals surface area (Å²) in [6, 6.07) is 0. The van der Waals surface area contributed by atoms with Crippen LogP contribution in [0.3, 0.4) is 0 Å². The van der Waals surface area contributed by atoms with Crippen molar-refractivity contribution < 1.29 is 4.79 Å². The van der Waals surface area contributed by atoms with E-state index in [1.54, 1.807) is 0 Å². The molecule has 0 spiro atoms. The fourth-order valence-corrected chi connectivity index (χ4v) is 3.31. The molecule has 0 unspecified atom stereocenters. The summed E-state index contributed by atoms with van der Waals surface area (Å²) >= 11 is 0. The number of amides is 1. The molecule has 0 bridgehead atoms. The number of nitrogens with one attached hydrogen (secondary N) is 2. The number of carbonyl (C=O) groups is 1. The Kier molecular flexibility index (Phi) is 7.77. The summed E-state index contributed by atoms with van der Waals surface area (Å²) in [5.74, 6) is 2.17. The zero-order chi connectivity index (χ0) is 12.8. The fraction of sp³-hybridized carbons (Fsp3) is 0.933. The first kappa shape index (κ1) is 16.8. The molecule has 4 heteroatoms. The number of halogens is 1. The quantitative estimate of drug-likeness (QED) is 0.835. The van der Waals surface area contributed by atoms with Crippen LogP contribution in [-0.2, 0) is 4.79 Å². The van der Waals surface area contributed by atoms with Crippen molar-refractivity contribution in [3.05, 3.63) is 0 Å². The van der Waals surface area contributed by atoms with Crippen LogP contribution in [0, 0.1) is 17.8 Å². The minimum atomic E-state index is 0. The first-order valence-electron chi connectivity index (χ1n) is 7.78. The first-order valence-corrected chi connectivity index (χ1v) is 7.78. The minimum Gasteiger partial charge on any atom is -0.356 e. The molecule has 0 aromatic heterocycles. The van der Waals surface area contributed by atoms with Gasteiger partial charge in [0.2, 0.25) is 5.91 Å². The van der Waals surface area contributed by atoms with Gasteiger partial charge in [-0.25, -0.2) is 0 Å². The summed E-state index contributed by atoms with van der Waals surface area (Å²) in [7, 11) is 0. The second-order valence-electron chi connectivity index (χ2n) is 6.08. The Labute approximate surface area is 123 Å². The molecule has 1 atom stereocenters. The van der Waals surface area contributed by atoms with Gasteiger partial charge in [0.1, 0.15) is 0 Å². The molecule has 1 saturated heterocycles. The van der Waals surface area contributed by atoms with E-state index < -0.39 is 0 Å². The van der Waals surface area contributed by atoms with E-state index >= 15 is 0 Å². The maximum Gasteiger partial charge on any atom is 0.224 e. The van der Waals surface area contributed by atoms with E-state index in [-0.39, 0.29) is 24.2 Å². The van der Waals surface area contributed by atoms with Gasteiger partial charge >= 0.3 is 0 Å². The minimum absolute atomic E-state index is 0. The van der Waals surface area contributed by atoms with Gasteiger partial charge in [0.05, 0.1) is 5.92 Å². The Bertz CT molecular complexity index is 259. The lowest BCUT2D eigenvalue weighted by Crippen LogP contribution is -2.42. The van der Waals surface area contributed by atoms with Crippen LogP contribution in [0.1, 0.15) is 51.9 Å². The van der Waals surface area contributed by atoms with Crippen LogP contribution in [0.4, 0.5) is 0 Å². The Morgan fingerprint density at radius 1 is 1.16 bits per heavy atom. The van der Waals surface area contributed by atoms with Gasteiger partial charge in [-0.05, 0) is 44.1 Å². The Morgan fingerprint density at radius 2 is 1.84 bits per heavy atom. The second kappa shape index (κ2) is 8.80. The molecule has 0 radical (unpaired) electrons. The Morgan fingerprint density at radius 3 is 2.42 bits per heavy atom. The van der Waals surface area contributed by atoms with Gasteiger partial charge < -0.3 is 10.6 Å². The molecule has 1 amide bonds. The number of piperidine rings is 1. The lowest BCUT2D eigenvalue weighted by Gasteiger charge is -2.29. The van der Waals surface area contributed by atoms with Crippen LogP contribution in [-0.4, -0.2) is 25.5 Å². The highest BCUT2D eigenvalue weighted by atomic mass is 35.5. The molecular weight excluding hydrogens is 260 g/mol. The third kappa shape index (κ3) is 5.31. The molecule has 2 rings (SSSR count). The van der Waals surface area contributed by atoms with Crippen LogP contribution in [0.25, 0.3) is 0 Å². The zero-order valence-corrected chi connectivity index (χ0v) is 12.9. The van der Waals surface area contributed by atoms with E-state index in [1.807, 2.05) is 0 Å². The van der Waals surface area contributed by atoms with Crippen molar-refractivity contribution in [1.82, 2.24) is 10.6 Å². The Balaban J connectivity index is 0.00000180. The molecule has 2 fully saturated rings. The highest BCUT2D eigenvalue weighted by molar-refractivity contribution is 5.85. The van der Waals surface area contributed by atoms with Gasteiger partial charge in [-0.2, -0.15) is 0 Å². The van der Waals surface area contributed by atoms with Gasteiger partial charge in [-0.1, -0.05) is 26.2 Å². The second-order valence-corrected chi connectivity index (χ2v) is 6.08. The smallest absolute Gasteiger partial charge is 0.224 e. The van der Waals surface area contributed by atoms with E-state index in [0.29, 0.717) is 0 Å². The van der Waals surface area contributed by atoms with E-state index in [9.17, 15) is 4.79 Å².